The normalized spacial score (nSPS) is 9.56. The number of aromatic carboxylic acids is 2. The van der Waals surface area contributed by atoms with Crippen molar-refractivity contribution in [1.82, 2.24) is 4.98 Å². The van der Waals surface area contributed by atoms with Crippen LogP contribution in [0.4, 0.5) is 0 Å². The maximum atomic E-state index is 10.7. The summed E-state index contributed by atoms with van der Waals surface area (Å²) < 4.78 is 4.66. The van der Waals surface area contributed by atoms with Gasteiger partial charge in [0.2, 0.25) is 5.88 Å². The summed E-state index contributed by atoms with van der Waals surface area (Å²) in [5.41, 5.74) is -1.35. The summed E-state index contributed by atoms with van der Waals surface area (Å²) in [6.45, 7) is 0. The van der Waals surface area contributed by atoms with Crippen molar-refractivity contribution in [2.75, 3.05) is 7.11 Å². The quantitative estimate of drug-likeness (QED) is 0.708. The maximum absolute atomic E-state index is 10.7. The van der Waals surface area contributed by atoms with E-state index in [1.807, 2.05) is 0 Å². The Morgan fingerprint density at radius 2 is 2.00 bits per heavy atom. The number of carboxylic acid groups (broad SMARTS) is 2. The molecule has 16 heavy (non-hydrogen) atoms. The van der Waals surface area contributed by atoms with Gasteiger partial charge in [-0.1, -0.05) is 0 Å². The van der Waals surface area contributed by atoms with Gasteiger partial charge in [0.05, 0.1) is 18.2 Å². The van der Waals surface area contributed by atoms with Crippen LogP contribution >= 0.6 is 0 Å². The Morgan fingerprint density at radius 3 is 2.38 bits per heavy atom. The zero-order valence-corrected chi connectivity index (χ0v) is 8.13. The number of carbonyl (C=O) groups is 3. The first-order valence-corrected chi connectivity index (χ1v) is 4.02. The number of rotatable bonds is 4. The van der Waals surface area contributed by atoms with Gasteiger partial charge in [-0.2, -0.15) is 0 Å². The molecular weight excluding hydrogens is 218 g/mol. The fourth-order valence-corrected chi connectivity index (χ4v) is 1.09. The van der Waals surface area contributed by atoms with Crippen LogP contribution in [-0.2, 0) is 0 Å². The van der Waals surface area contributed by atoms with Gasteiger partial charge in [0.15, 0.2) is 12.0 Å². The molecule has 1 heterocycles. The molecule has 1 aromatic rings. The number of carbonyl (C=O) groups excluding carboxylic acids is 1. The molecule has 0 aliphatic carbocycles. The molecule has 0 radical (unpaired) electrons. The zero-order chi connectivity index (χ0) is 12.3. The molecule has 1 rings (SSSR count). The first kappa shape index (κ1) is 11.6. The molecule has 0 aromatic carbocycles. The van der Waals surface area contributed by atoms with Crippen LogP contribution in [0.1, 0.15) is 31.2 Å². The SMILES string of the molecule is COc1nc(C(=O)O)c(C(=O)O)cc1C=O. The van der Waals surface area contributed by atoms with E-state index in [0.29, 0.717) is 6.29 Å². The van der Waals surface area contributed by atoms with Crippen molar-refractivity contribution < 1.29 is 29.3 Å². The highest BCUT2D eigenvalue weighted by Crippen LogP contribution is 2.18. The minimum Gasteiger partial charge on any atom is -0.480 e. The molecule has 0 fully saturated rings. The summed E-state index contributed by atoms with van der Waals surface area (Å²) in [7, 11) is 1.20. The van der Waals surface area contributed by atoms with E-state index in [1.165, 1.54) is 7.11 Å². The predicted octanol–water partition coefficient (Wildman–Crippen LogP) is 0.299. The van der Waals surface area contributed by atoms with Gasteiger partial charge in [0.1, 0.15) is 0 Å². The molecule has 7 heteroatoms. The molecule has 2 N–H and O–H groups in total. The highest BCUT2D eigenvalue weighted by molar-refractivity contribution is 6.01. The van der Waals surface area contributed by atoms with E-state index in [-0.39, 0.29) is 11.4 Å². The van der Waals surface area contributed by atoms with Gasteiger partial charge in [-0.15, -0.1) is 0 Å². The lowest BCUT2D eigenvalue weighted by Crippen LogP contribution is -2.12. The van der Waals surface area contributed by atoms with Crippen LogP contribution in [0, 0.1) is 0 Å². The number of aromatic nitrogens is 1. The first-order chi connectivity index (χ1) is 7.51. The second-order valence-corrected chi connectivity index (χ2v) is 2.71. The summed E-state index contributed by atoms with van der Waals surface area (Å²) in [5.74, 6) is -3.21. The highest BCUT2D eigenvalue weighted by Gasteiger charge is 2.21. The van der Waals surface area contributed by atoms with Crippen LogP contribution in [0.3, 0.4) is 0 Å². The van der Waals surface area contributed by atoms with Gasteiger partial charge in [-0.3, -0.25) is 4.79 Å². The van der Waals surface area contributed by atoms with Crippen LogP contribution < -0.4 is 4.74 Å². The number of hydrogen-bond acceptors (Lipinski definition) is 5. The molecule has 0 amide bonds. The third-order valence-electron chi connectivity index (χ3n) is 1.77. The number of nitrogens with zero attached hydrogens (tertiary/aromatic N) is 1. The van der Waals surface area contributed by atoms with E-state index in [0.717, 1.165) is 6.07 Å². The Labute approximate surface area is 89.3 Å². The Hall–Kier alpha value is -2.44. The topological polar surface area (TPSA) is 114 Å². The fraction of sp³-hybridized carbons (Fsp3) is 0.111. The van der Waals surface area contributed by atoms with Crippen LogP contribution in [0.25, 0.3) is 0 Å². The lowest BCUT2D eigenvalue weighted by Gasteiger charge is -2.06. The molecule has 7 nitrogen and oxygen atoms in total. The third kappa shape index (κ3) is 1.97. The smallest absolute Gasteiger partial charge is 0.355 e. The summed E-state index contributed by atoms with van der Waals surface area (Å²) in [6, 6.07) is 0.907. The van der Waals surface area contributed by atoms with Crippen molar-refractivity contribution in [2.45, 2.75) is 0 Å². The van der Waals surface area contributed by atoms with E-state index in [2.05, 4.69) is 9.72 Å². The number of methoxy groups -OCH3 is 1. The minimum atomic E-state index is -1.51. The van der Waals surface area contributed by atoms with Gasteiger partial charge in [-0.05, 0) is 6.07 Å². The number of ether oxygens (including phenoxy) is 1. The van der Waals surface area contributed by atoms with Crippen molar-refractivity contribution in [3.8, 4) is 5.88 Å². The predicted molar refractivity (Wildman–Crippen MR) is 50.1 cm³/mol. The standard InChI is InChI=1S/C9H7NO6/c1-16-7-4(3-11)2-5(8(12)13)6(10-7)9(14)15/h2-3H,1H3,(H,12,13)(H,14,15). The van der Waals surface area contributed by atoms with Crippen LogP contribution in [0.5, 0.6) is 5.88 Å². The lowest BCUT2D eigenvalue weighted by molar-refractivity contribution is 0.0645. The fourth-order valence-electron chi connectivity index (χ4n) is 1.09. The van der Waals surface area contributed by atoms with Crippen LogP contribution in [0.15, 0.2) is 6.07 Å². The summed E-state index contributed by atoms with van der Waals surface area (Å²) >= 11 is 0. The van der Waals surface area contributed by atoms with E-state index in [9.17, 15) is 14.4 Å². The largest absolute Gasteiger partial charge is 0.480 e. The summed E-state index contributed by atoms with van der Waals surface area (Å²) in [4.78, 5) is 35.5. The second-order valence-electron chi connectivity index (χ2n) is 2.71. The van der Waals surface area contributed by atoms with E-state index in [4.69, 9.17) is 10.2 Å². The van der Waals surface area contributed by atoms with Crippen molar-refractivity contribution in [1.29, 1.82) is 0 Å². The van der Waals surface area contributed by atoms with Gasteiger partial charge < -0.3 is 14.9 Å². The minimum absolute atomic E-state index is 0.120. The molecule has 0 saturated heterocycles. The second kappa shape index (κ2) is 4.39. The number of carboxylic acids is 2. The Morgan fingerprint density at radius 1 is 1.38 bits per heavy atom. The Kier molecular flexibility index (Phi) is 3.19. The van der Waals surface area contributed by atoms with Crippen LogP contribution in [0.2, 0.25) is 0 Å². The molecule has 0 saturated carbocycles. The molecular formula is C9H7NO6. The number of hydrogen-bond donors (Lipinski definition) is 2. The zero-order valence-electron chi connectivity index (χ0n) is 8.13. The molecule has 0 bridgehead atoms. The summed E-state index contributed by atoms with van der Waals surface area (Å²) in [5, 5.41) is 17.5. The van der Waals surface area contributed by atoms with Crippen LogP contribution in [-0.4, -0.2) is 40.5 Å². The van der Waals surface area contributed by atoms with E-state index in [1.54, 1.807) is 0 Å². The van der Waals surface area contributed by atoms with E-state index >= 15 is 0 Å². The summed E-state index contributed by atoms with van der Waals surface area (Å²) in [6.07, 6.45) is 0.337. The van der Waals surface area contributed by atoms with Gasteiger partial charge >= 0.3 is 11.9 Å². The number of pyridine rings is 1. The first-order valence-electron chi connectivity index (χ1n) is 4.02. The highest BCUT2D eigenvalue weighted by atomic mass is 16.5. The van der Waals surface area contributed by atoms with Gasteiger partial charge in [0, 0.05) is 0 Å². The molecule has 0 spiro atoms. The van der Waals surface area contributed by atoms with Gasteiger partial charge in [0.25, 0.3) is 0 Å². The molecule has 0 aliphatic heterocycles. The lowest BCUT2D eigenvalue weighted by atomic mass is 10.1. The van der Waals surface area contributed by atoms with E-state index < -0.39 is 23.2 Å². The van der Waals surface area contributed by atoms with Crippen molar-refractivity contribution in [3.05, 3.63) is 22.9 Å². The molecule has 0 unspecified atom stereocenters. The monoisotopic (exact) mass is 225 g/mol. The molecule has 1 aromatic heterocycles. The Balaban J connectivity index is 3.53. The third-order valence-corrected chi connectivity index (χ3v) is 1.77. The maximum Gasteiger partial charge on any atom is 0.355 e. The van der Waals surface area contributed by atoms with Crippen molar-refractivity contribution >= 4 is 18.2 Å². The number of aldehydes is 1. The molecule has 0 atom stereocenters. The van der Waals surface area contributed by atoms with Crippen molar-refractivity contribution in [3.63, 3.8) is 0 Å². The molecule has 84 valence electrons. The van der Waals surface area contributed by atoms with Crippen molar-refractivity contribution in [2.24, 2.45) is 0 Å². The average Bonchev–Trinajstić information content (AvgIpc) is 2.26. The van der Waals surface area contributed by atoms with Gasteiger partial charge in [-0.25, -0.2) is 14.6 Å². The molecule has 0 aliphatic rings. The average molecular weight is 225 g/mol. The Bertz CT molecular complexity index is 467.